The maximum absolute atomic E-state index is 12.4. The lowest BCUT2D eigenvalue weighted by Crippen LogP contribution is -2.26. The summed E-state index contributed by atoms with van der Waals surface area (Å²) in [7, 11) is 1.64. The van der Waals surface area contributed by atoms with Crippen molar-refractivity contribution in [2.75, 3.05) is 5.32 Å². The van der Waals surface area contributed by atoms with Crippen LogP contribution in [0.25, 0.3) is 0 Å². The lowest BCUT2D eigenvalue weighted by atomic mass is 10.2. The number of carbonyl (C=O) groups is 2. The minimum Gasteiger partial charge on any atom is -0.467 e. The average molecular weight is 403 g/mol. The number of carbonyl (C=O) groups excluding carboxylic acids is 2. The van der Waals surface area contributed by atoms with Crippen molar-refractivity contribution in [3.63, 3.8) is 0 Å². The van der Waals surface area contributed by atoms with E-state index in [4.69, 9.17) is 4.42 Å². The van der Waals surface area contributed by atoms with Crippen LogP contribution in [0.5, 0.6) is 0 Å². The number of furan rings is 1. The standard InChI is InChI=1S/C17H15BrN4O3/c1-22-15(17(24)19-9-13-6-3-7-25-13)14(10-20-22)21-16(23)11-4-2-5-12(18)8-11/h2-8,10H,9H2,1H3,(H,19,24)(H,21,23). The highest BCUT2D eigenvalue weighted by Gasteiger charge is 2.19. The number of hydrogen-bond acceptors (Lipinski definition) is 4. The summed E-state index contributed by atoms with van der Waals surface area (Å²) in [5, 5.41) is 9.52. The predicted octanol–water partition coefficient (Wildman–Crippen LogP) is 2.96. The molecule has 2 heterocycles. The van der Waals surface area contributed by atoms with E-state index in [2.05, 4.69) is 31.7 Å². The van der Waals surface area contributed by atoms with Crippen LogP contribution in [0, 0.1) is 0 Å². The third-order valence-corrected chi connectivity index (χ3v) is 3.99. The Bertz CT molecular complexity index is 903. The summed E-state index contributed by atoms with van der Waals surface area (Å²) in [5.74, 6) is -0.0504. The molecule has 2 amide bonds. The third kappa shape index (κ3) is 3.97. The monoisotopic (exact) mass is 402 g/mol. The number of aromatic nitrogens is 2. The third-order valence-electron chi connectivity index (χ3n) is 3.49. The minimum absolute atomic E-state index is 0.246. The Kier molecular flexibility index (Phi) is 4.99. The maximum Gasteiger partial charge on any atom is 0.272 e. The number of halogens is 1. The molecule has 0 aliphatic rings. The molecule has 0 radical (unpaired) electrons. The second-order valence-corrected chi connectivity index (χ2v) is 6.17. The number of rotatable bonds is 5. The van der Waals surface area contributed by atoms with Crippen molar-refractivity contribution >= 4 is 33.4 Å². The van der Waals surface area contributed by atoms with E-state index in [0.717, 1.165) is 4.47 Å². The van der Waals surface area contributed by atoms with Crippen molar-refractivity contribution in [2.24, 2.45) is 7.05 Å². The first-order valence-corrected chi connectivity index (χ1v) is 8.23. The van der Waals surface area contributed by atoms with Crippen LogP contribution in [-0.4, -0.2) is 21.6 Å². The molecule has 0 aliphatic heterocycles. The van der Waals surface area contributed by atoms with Crippen LogP contribution in [0.15, 0.2) is 57.7 Å². The number of benzene rings is 1. The highest BCUT2D eigenvalue weighted by atomic mass is 79.9. The Morgan fingerprint density at radius 2 is 2.08 bits per heavy atom. The molecule has 0 atom stereocenters. The molecule has 2 N–H and O–H groups in total. The molecule has 0 spiro atoms. The van der Waals surface area contributed by atoms with Gasteiger partial charge >= 0.3 is 0 Å². The molecular weight excluding hydrogens is 388 g/mol. The van der Waals surface area contributed by atoms with Gasteiger partial charge in [0.05, 0.1) is 24.7 Å². The van der Waals surface area contributed by atoms with Gasteiger partial charge in [0.15, 0.2) is 0 Å². The van der Waals surface area contributed by atoms with Crippen LogP contribution in [-0.2, 0) is 13.6 Å². The van der Waals surface area contributed by atoms with Crippen molar-refractivity contribution in [3.05, 3.63) is 70.3 Å². The van der Waals surface area contributed by atoms with E-state index in [-0.39, 0.29) is 24.1 Å². The molecule has 0 bridgehead atoms. The van der Waals surface area contributed by atoms with Crippen LogP contribution in [0.2, 0.25) is 0 Å². The predicted molar refractivity (Wildman–Crippen MR) is 95.2 cm³/mol. The molecular formula is C17H15BrN4O3. The van der Waals surface area contributed by atoms with Crippen LogP contribution in [0.3, 0.4) is 0 Å². The van der Waals surface area contributed by atoms with Gasteiger partial charge in [0.2, 0.25) is 0 Å². The van der Waals surface area contributed by atoms with Gasteiger partial charge in [0, 0.05) is 17.1 Å². The van der Waals surface area contributed by atoms with Gasteiger partial charge in [0.1, 0.15) is 11.5 Å². The zero-order valence-corrected chi connectivity index (χ0v) is 14.9. The van der Waals surface area contributed by atoms with Gasteiger partial charge in [-0.1, -0.05) is 22.0 Å². The fraction of sp³-hybridized carbons (Fsp3) is 0.118. The number of amides is 2. The molecule has 0 saturated heterocycles. The molecule has 1 aromatic carbocycles. The summed E-state index contributed by atoms with van der Waals surface area (Å²) in [6.07, 6.45) is 2.98. The summed E-state index contributed by atoms with van der Waals surface area (Å²) in [6.45, 7) is 0.246. The van der Waals surface area contributed by atoms with E-state index < -0.39 is 0 Å². The van der Waals surface area contributed by atoms with E-state index in [9.17, 15) is 9.59 Å². The SMILES string of the molecule is Cn1ncc(NC(=O)c2cccc(Br)c2)c1C(=O)NCc1ccco1. The van der Waals surface area contributed by atoms with Gasteiger partial charge in [-0.2, -0.15) is 5.10 Å². The lowest BCUT2D eigenvalue weighted by Gasteiger charge is -2.08. The van der Waals surface area contributed by atoms with Crippen LogP contribution >= 0.6 is 15.9 Å². The fourth-order valence-corrected chi connectivity index (χ4v) is 2.69. The molecule has 0 aliphatic carbocycles. The molecule has 3 rings (SSSR count). The zero-order valence-electron chi connectivity index (χ0n) is 13.3. The van der Waals surface area contributed by atoms with Crippen LogP contribution < -0.4 is 10.6 Å². The number of nitrogens with zero attached hydrogens (tertiary/aromatic N) is 2. The first-order chi connectivity index (χ1) is 12.0. The Balaban J connectivity index is 1.74. The molecule has 25 heavy (non-hydrogen) atoms. The minimum atomic E-state index is -0.360. The van der Waals surface area contributed by atoms with E-state index in [1.54, 1.807) is 37.4 Å². The molecule has 0 saturated carbocycles. The highest BCUT2D eigenvalue weighted by molar-refractivity contribution is 9.10. The molecule has 128 valence electrons. The van der Waals surface area contributed by atoms with Crippen LogP contribution in [0.1, 0.15) is 26.6 Å². The maximum atomic E-state index is 12.4. The van der Waals surface area contributed by atoms with Gasteiger partial charge < -0.3 is 15.1 Å². The van der Waals surface area contributed by atoms with Crippen molar-refractivity contribution in [3.8, 4) is 0 Å². The topological polar surface area (TPSA) is 89.2 Å². The summed E-state index contributed by atoms with van der Waals surface area (Å²) in [6, 6.07) is 10.5. The first kappa shape index (κ1) is 17.0. The molecule has 2 aromatic heterocycles. The summed E-state index contributed by atoms with van der Waals surface area (Å²) >= 11 is 3.33. The Labute approximate surface area is 152 Å². The summed E-state index contributed by atoms with van der Waals surface area (Å²) < 4.78 is 7.39. The van der Waals surface area contributed by atoms with Gasteiger partial charge in [-0.15, -0.1) is 0 Å². The molecule has 0 fully saturated rings. The lowest BCUT2D eigenvalue weighted by molar-refractivity contribution is 0.0939. The largest absolute Gasteiger partial charge is 0.467 e. The smallest absolute Gasteiger partial charge is 0.272 e. The van der Waals surface area contributed by atoms with Crippen molar-refractivity contribution < 1.29 is 14.0 Å². The van der Waals surface area contributed by atoms with Crippen molar-refractivity contribution in [1.82, 2.24) is 15.1 Å². The Morgan fingerprint density at radius 3 is 2.80 bits per heavy atom. The second kappa shape index (κ2) is 7.35. The first-order valence-electron chi connectivity index (χ1n) is 7.44. The molecule has 3 aromatic rings. The molecule has 0 unspecified atom stereocenters. The average Bonchev–Trinajstić information content (AvgIpc) is 3.23. The molecule has 7 nitrogen and oxygen atoms in total. The highest BCUT2D eigenvalue weighted by Crippen LogP contribution is 2.17. The van der Waals surface area contributed by atoms with E-state index >= 15 is 0 Å². The normalized spacial score (nSPS) is 10.5. The molecule has 8 heteroatoms. The van der Waals surface area contributed by atoms with E-state index in [1.165, 1.54) is 17.1 Å². The van der Waals surface area contributed by atoms with Gasteiger partial charge in [-0.3, -0.25) is 14.3 Å². The number of aryl methyl sites for hydroxylation is 1. The van der Waals surface area contributed by atoms with Crippen LogP contribution in [0.4, 0.5) is 5.69 Å². The van der Waals surface area contributed by atoms with E-state index in [0.29, 0.717) is 17.0 Å². The fourth-order valence-electron chi connectivity index (χ4n) is 2.29. The number of anilines is 1. The van der Waals surface area contributed by atoms with Crippen molar-refractivity contribution in [2.45, 2.75) is 6.54 Å². The van der Waals surface area contributed by atoms with Gasteiger partial charge in [0.25, 0.3) is 11.8 Å². The quantitative estimate of drug-likeness (QED) is 0.686. The van der Waals surface area contributed by atoms with Gasteiger partial charge in [-0.05, 0) is 30.3 Å². The van der Waals surface area contributed by atoms with Crippen molar-refractivity contribution in [1.29, 1.82) is 0 Å². The summed E-state index contributed by atoms with van der Waals surface area (Å²) in [4.78, 5) is 24.8. The Hall–Kier alpha value is -2.87. The zero-order chi connectivity index (χ0) is 17.8. The second-order valence-electron chi connectivity index (χ2n) is 5.26. The van der Waals surface area contributed by atoms with Gasteiger partial charge in [-0.25, -0.2) is 0 Å². The Morgan fingerprint density at radius 1 is 1.24 bits per heavy atom. The number of nitrogens with one attached hydrogen (secondary N) is 2. The van der Waals surface area contributed by atoms with E-state index in [1.807, 2.05) is 6.07 Å². The summed E-state index contributed by atoms with van der Waals surface area (Å²) in [5.41, 5.74) is 1.07. The number of hydrogen-bond donors (Lipinski definition) is 2.